The minimum absolute atomic E-state index is 0.0701. The van der Waals surface area contributed by atoms with Gasteiger partial charge in [-0.25, -0.2) is 0 Å². The molecular formula is C17H23Cl3N2O2. The minimum atomic E-state index is -0.993. The first kappa shape index (κ1) is 21.1. The largest absolute Gasteiger partial charge is 0.354 e. The zero-order chi connectivity index (χ0) is 17.8. The highest BCUT2D eigenvalue weighted by Crippen LogP contribution is 2.09. The summed E-state index contributed by atoms with van der Waals surface area (Å²) >= 11 is 16.6. The fourth-order valence-electron chi connectivity index (χ4n) is 2.15. The van der Waals surface area contributed by atoms with E-state index in [9.17, 15) is 9.59 Å². The van der Waals surface area contributed by atoms with Gasteiger partial charge in [0, 0.05) is 23.7 Å². The van der Waals surface area contributed by atoms with Crippen LogP contribution in [0.1, 0.15) is 48.9 Å². The number of rotatable bonds is 11. The van der Waals surface area contributed by atoms with Crippen LogP contribution in [0.15, 0.2) is 24.3 Å². The van der Waals surface area contributed by atoms with Gasteiger partial charge in [0.05, 0.1) is 0 Å². The summed E-state index contributed by atoms with van der Waals surface area (Å²) in [4.78, 5) is 22.0. The number of hydrogen-bond acceptors (Lipinski definition) is 2. The van der Waals surface area contributed by atoms with E-state index in [0.29, 0.717) is 23.7 Å². The van der Waals surface area contributed by atoms with Crippen molar-refractivity contribution in [3.8, 4) is 0 Å². The van der Waals surface area contributed by atoms with E-state index >= 15 is 0 Å². The number of hydrogen-bond donors (Lipinski definition) is 2. The molecule has 0 spiro atoms. The van der Waals surface area contributed by atoms with Gasteiger partial charge in [-0.3, -0.25) is 9.59 Å². The van der Waals surface area contributed by atoms with Crippen LogP contribution < -0.4 is 10.6 Å². The molecule has 2 N–H and O–H groups in total. The molecule has 0 saturated heterocycles. The predicted molar refractivity (Wildman–Crippen MR) is 100.0 cm³/mol. The Morgan fingerprint density at radius 2 is 1.33 bits per heavy atom. The first-order chi connectivity index (χ1) is 11.5. The molecule has 0 aliphatic carbocycles. The van der Waals surface area contributed by atoms with Crippen molar-refractivity contribution in [3.63, 3.8) is 0 Å². The molecule has 7 heteroatoms. The molecule has 0 radical (unpaired) electrons. The zero-order valence-corrected chi connectivity index (χ0v) is 15.8. The van der Waals surface area contributed by atoms with Crippen LogP contribution in [0, 0.1) is 0 Å². The van der Waals surface area contributed by atoms with Gasteiger partial charge in [0.1, 0.15) is 0 Å². The SMILES string of the molecule is O=C(NCCCCCCCCNC(=O)C(Cl)Cl)c1ccc(Cl)cc1. The van der Waals surface area contributed by atoms with E-state index in [-0.39, 0.29) is 11.8 Å². The summed E-state index contributed by atoms with van der Waals surface area (Å²) in [6.45, 7) is 1.27. The monoisotopic (exact) mass is 392 g/mol. The third-order valence-corrected chi connectivity index (χ3v) is 4.14. The molecule has 0 unspecified atom stereocenters. The Labute approximate surface area is 158 Å². The molecule has 0 heterocycles. The highest BCUT2D eigenvalue weighted by atomic mass is 35.5. The Kier molecular flexibility index (Phi) is 10.9. The Hall–Kier alpha value is -0.970. The van der Waals surface area contributed by atoms with Gasteiger partial charge >= 0.3 is 0 Å². The van der Waals surface area contributed by atoms with E-state index in [1.54, 1.807) is 24.3 Å². The molecule has 134 valence electrons. The van der Waals surface area contributed by atoms with Gasteiger partial charge in [-0.15, -0.1) is 0 Å². The molecule has 0 fully saturated rings. The van der Waals surface area contributed by atoms with Crippen LogP contribution in [0.3, 0.4) is 0 Å². The van der Waals surface area contributed by atoms with Gasteiger partial charge in [0.2, 0.25) is 0 Å². The van der Waals surface area contributed by atoms with E-state index in [1.165, 1.54) is 0 Å². The van der Waals surface area contributed by atoms with E-state index in [0.717, 1.165) is 38.5 Å². The normalized spacial score (nSPS) is 10.7. The van der Waals surface area contributed by atoms with Gasteiger partial charge in [0.15, 0.2) is 4.84 Å². The molecule has 1 rings (SSSR count). The maximum absolute atomic E-state index is 11.9. The molecule has 0 aromatic heterocycles. The second-order valence-corrected chi connectivity index (χ2v) is 7.01. The van der Waals surface area contributed by atoms with Gasteiger partial charge < -0.3 is 10.6 Å². The average molecular weight is 394 g/mol. The van der Waals surface area contributed by atoms with Crippen molar-refractivity contribution in [2.24, 2.45) is 0 Å². The Morgan fingerprint density at radius 3 is 1.88 bits per heavy atom. The number of amides is 2. The minimum Gasteiger partial charge on any atom is -0.354 e. The van der Waals surface area contributed by atoms with Gasteiger partial charge in [-0.05, 0) is 37.1 Å². The van der Waals surface area contributed by atoms with Crippen LogP contribution in [0.5, 0.6) is 0 Å². The lowest BCUT2D eigenvalue weighted by molar-refractivity contribution is -0.119. The molecule has 0 atom stereocenters. The average Bonchev–Trinajstić information content (AvgIpc) is 2.56. The summed E-state index contributed by atoms with van der Waals surface area (Å²) in [7, 11) is 0. The van der Waals surface area contributed by atoms with E-state index in [1.807, 2.05) is 0 Å². The van der Waals surface area contributed by atoms with Gasteiger partial charge in [-0.1, -0.05) is 60.5 Å². The topological polar surface area (TPSA) is 58.2 Å². The molecule has 24 heavy (non-hydrogen) atoms. The van der Waals surface area contributed by atoms with Crippen LogP contribution in [0.4, 0.5) is 0 Å². The number of benzene rings is 1. The van der Waals surface area contributed by atoms with Crippen LogP contribution >= 0.6 is 34.8 Å². The van der Waals surface area contributed by atoms with E-state index in [2.05, 4.69) is 10.6 Å². The fraction of sp³-hybridized carbons (Fsp3) is 0.529. The van der Waals surface area contributed by atoms with Crippen molar-refractivity contribution in [3.05, 3.63) is 34.9 Å². The van der Waals surface area contributed by atoms with Crippen molar-refractivity contribution in [1.82, 2.24) is 10.6 Å². The first-order valence-electron chi connectivity index (χ1n) is 8.10. The molecule has 0 aliphatic heterocycles. The summed E-state index contributed by atoms with van der Waals surface area (Å²) in [5.41, 5.74) is 0.623. The Balaban J connectivity index is 1.94. The molecule has 1 aromatic carbocycles. The predicted octanol–water partition coefficient (Wildman–Crippen LogP) is 4.33. The summed E-state index contributed by atoms with van der Waals surface area (Å²) < 4.78 is 0. The van der Waals surface area contributed by atoms with Crippen LogP contribution in [-0.4, -0.2) is 29.7 Å². The van der Waals surface area contributed by atoms with Crippen molar-refractivity contribution in [2.45, 2.75) is 43.4 Å². The highest BCUT2D eigenvalue weighted by molar-refractivity contribution is 6.53. The number of carbonyl (C=O) groups excluding carboxylic acids is 2. The van der Waals surface area contributed by atoms with Crippen LogP contribution in [0.2, 0.25) is 5.02 Å². The molecule has 0 aliphatic rings. The Morgan fingerprint density at radius 1 is 0.833 bits per heavy atom. The van der Waals surface area contributed by atoms with Crippen LogP contribution in [0.25, 0.3) is 0 Å². The number of carbonyl (C=O) groups is 2. The third kappa shape index (κ3) is 9.36. The summed E-state index contributed by atoms with van der Waals surface area (Å²) in [5.74, 6) is -0.408. The molecule has 4 nitrogen and oxygen atoms in total. The van der Waals surface area contributed by atoms with E-state index < -0.39 is 4.84 Å². The van der Waals surface area contributed by atoms with Crippen LogP contribution in [-0.2, 0) is 4.79 Å². The lowest BCUT2D eigenvalue weighted by Crippen LogP contribution is -2.29. The highest BCUT2D eigenvalue weighted by Gasteiger charge is 2.09. The lowest BCUT2D eigenvalue weighted by Gasteiger charge is -2.06. The third-order valence-electron chi connectivity index (χ3n) is 3.49. The summed E-state index contributed by atoms with van der Waals surface area (Å²) in [5, 5.41) is 6.19. The van der Waals surface area contributed by atoms with Crippen molar-refractivity contribution in [1.29, 1.82) is 0 Å². The molecular weight excluding hydrogens is 371 g/mol. The fourth-order valence-corrected chi connectivity index (χ4v) is 2.43. The zero-order valence-electron chi connectivity index (χ0n) is 13.5. The van der Waals surface area contributed by atoms with Crippen molar-refractivity contribution >= 4 is 46.6 Å². The van der Waals surface area contributed by atoms with Crippen molar-refractivity contribution in [2.75, 3.05) is 13.1 Å². The first-order valence-corrected chi connectivity index (χ1v) is 9.35. The van der Waals surface area contributed by atoms with Crippen molar-refractivity contribution < 1.29 is 9.59 Å². The molecule has 0 saturated carbocycles. The second-order valence-electron chi connectivity index (χ2n) is 5.48. The van der Waals surface area contributed by atoms with E-state index in [4.69, 9.17) is 34.8 Å². The number of unbranched alkanes of at least 4 members (excludes halogenated alkanes) is 5. The standard InChI is InChI=1S/C17H23Cl3N2O2/c18-14-9-7-13(8-10-14)16(23)21-11-5-3-1-2-4-6-12-22-17(24)15(19)20/h7-10,15H,1-6,11-12H2,(H,21,23)(H,22,24). The maximum Gasteiger partial charge on any atom is 0.253 e. The number of alkyl halides is 2. The Bertz CT molecular complexity index is 507. The van der Waals surface area contributed by atoms with Gasteiger partial charge in [0.25, 0.3) is 11.8 Å². The maximum atomic E-state index is 11.9. The summed E-state index contributed by atoms with van der Waals surface area (Å²) in [6, 6.07) is 6.85. The van der Waals surface area contributed by atoms with Gasteiger partial charge in [-0.2, -0.15) is 0 Å². The smallest absolute Gasteiger partial charge is 0.253 e. The second kappa shape index (κ2) is 12.4. The molecule has 0 bridgehead atoms. The number of nitrogens with one attached hydrogen (secondary N) is 2. The number of halogens is 3. The molecule has 1 aromatic rings. The summed E-state index contributed by atoms with van der Waals surface area (Å²) in [6.07, 6.45) is 6.20. The molecule has 2 amide bonds. The lowest BCUT2D eigenvalue weighted by atomic mass is 10.1. The quantitative estimate of drug-likeness (QED) is 0.434.